The minimum absolute atomic E-state index is 0.228. The minimum Gasteiger partial charge on any atom is -0.490 e. The van der Waals surface area contributed by atoms with E-state index in [9.17, 15) is 9.18 Å². The third kappa shape index (κ3) is 4.90. The Balaban J connectivity index is 1.84. The standard InChI is InChI=1S/C19H16BrFN2O3S/c1-2-25-15-7-12(8-17-18(24)23-19(22)27-17)14(20)9-16(15)26-10-11-3-5-13(21)6-4-11/h3-9H,2,10H2,1H3,(H2,22,23,24). The van der Waals surface area contributed by atoms with Crippen molar-refractivity contribution in [3.63, 3.8) is 0 Å². The molecule has 0 saturated carbocycles. The number of thioether (sulfide) groups is 1. The molecule has 0 aromatic heterocycles. The Labute approximate surface area is 168 Å². The molecule has 2 aromatic rings. The first-order valence-electron chi connectivity index (χ1n) is 8.08. The van der Waals surface area contributed by atoms with Gasteiger partial charge in [0.25, 0.3) is 5.91 Å². The second-order valence-corrected chi connectivity index (χ2v) is 7.45. The number of carbonyl (C=O) groups is 1. The van der Waals surface area contributed by atoms with Crippen LogP contribution in [0.15, 0.2) is 50.8 Å². The Morgan fingerprint density at radius 1 is 1.22 bits per heavy atom. The number of aliphatic imine (C=N–C) groups is 1. The SMILES string of the molecule is CCOc1cc(C=C2SC(N)=NC2=O)c(Br)cc1OCc1ccc(F)cc1. The molecule has 2 aromatic carbocycles. The highest BCUT2D eigenvalue weighted by molar-refractivity contribution is 9.10. The van der Waals surface area contributed by atoms with Gasteiger partial charge in [0.15, 0.2) is 16.7 Å². The van der Waals surface area contributed by atoms with Crippen molar-refractivity contribution in [1.29, 1.82) is 0 Å². The van der Waals surface area contributed by atoms with E-state index in [0.717, 1.165) is 27.4 Å². The van der Waals surface area contributed by atoms with E-state index in [-0.39, 0.29) is 23.5 Å². The lowest BCUT2D eigenvalue weighted by Gasteiger charge is -2.14. The molecule has 0 saturated heterocycles. The second kappa shape index (κ2) is 8.58. The molecule has 0 spiro atoms. The molecule has 1 aliphatic rings. The number of ether oxygens (including phenoxy) is 2. The van der Waals surface area contributed by atoms with Crippen LogP contribution in [0.2, 0.25) is 0 Å². The molecule has 2 N–H and O–H groups in total. The van der Waals surface area contributed by atoms with Crippen LogP contribution in [0.4, 0.5) is 4.39 Å². The molecule has 0 radical (unpaired) electrons. The monoisotopic (exact) mass is 450 g/mol. The third-order valence-electron chi connectivity index (χ3n) is 3.59. The number of nitrogens with zero attached hydrogens (tertiary/aromatic N) is 1. The van der Waals surface area contributed by atoms with E-state index in [1.165, 1.54) is 12.1 Å². The fraction of sp³-hybridized carbons (Fsp3) is 0.158. The maximum absolute atomic E-state index is 13.0. The lowest BCUT2D eigenvalue weighted by Crippen LogP contribution is -2.01. The first-order chi connectivity index (χ1) is 13.0. The van der Waals surface area contributed by atoms with E-state index in [1.807, 2.05) is 6.92 Å². The van der Waals surface area contributed by atoms with Crippen molar-refractivity contribution in [3.8, 4) is 11.5 Å². The molecule has 0 aliphatic carbocycles. The van der Waals surface area contributed by atoms with Crippen molar-refractivity contribution in [3.05, 3.63) is 62.7 Å². The van der Waals surface area contributed by atoms with Crippen LogP contribution in [0.1, 0.15) is 18.1 Å². The predicted molar refractivity (Wildman–Crippen MR) is 108 cm³/mol. The number of halogens is 2. The minimum atomic E-state index is -0.362. The lowest BCUT2D eigenvalue weighted by atomic mass is 10.1. The smallest absolute Gasteiger partial charge is 0.286 e. The molecule has 140 valence electrons. The van der Waals surface area contributed by atoms with Crippen LogP contribution in [0.25, 0.3) is 6.08 Å². The Morgan fingerprint density at radius 2 is 1.93 bits per heavy atom. The Hall–Kier alpha value is -2.32. The van der Waals surface area contributed by atoms with E-state index in [2.05, 4.69) is 20.9 Å². The van der Waals surface area contributed by atoms with Gasteiger partial charge in [-0.1, -0.05) is 28.1 Å². The van der Waals surface area contributed by atoms with Crippen LogP contribution in [0, 0.1) is 5.82 Å². The number of amides is 1. The lowest BCUT2D eigenvalue weighted by molar-refractivity contribution is -0.113. The zero-order chi connectivity index (χ0) is 19.4. The summed E-state index contributed by atoms with van der Waals surface area (Å²) in [7, 11) is 0. The fourth-order valence-corrected chi connectivity index (χ4v) is 3.46. The van der Waals surface area contributed by atoms with E-state index < -0.39 is 0 Å². The molecular formula is C19H16BrFN2O3S. The molecule has 1 heterocycles. The Morgan fingerprint density at radius 3 is 2.56 bits per heavy atom. The maximum Gasteiger partial charge on any atom is 0.286 e. The highest BCUT2D eigenvalue weighted by Crippen LogP contribution is 2.37. The van der Waals surface area contributed by atoms with E-state index >= 15 is 0 Å². The summed E-state index contributed by atoms with van der Waals surface area (Å²) in [5.41, 5.74) is 7.16. The number of carbonyl (C=O) groups excluding carboxylic acids is 1. The number of hydrogen-bond acceptors (Lipinski definition) is 5. The largest absolute Gasteiger partial charge is 0.490 e. The quantitative estimate of drug-likeness (QED) is 0.655. The van der Waals surface area contributed by atoms with Crippen LogP contribution in [-0.2, 0) is 11.4 Å². The van der Waals surface area contributed by atoms with Crippen LogP contribution in [-0.4, -0.2) is 17.7 Å². The van der Waals surface area contributed by atoms with Gasteiger partial charge in [0.1, 0.15) is 12.4 Å². The normalized spacial score (nSPS) is 15.1. The summed E-state index contributed by atoms with van der Waals surface area (Å²) in [6.45, 7) is 2.59. The van der Waals surface area contributed by atoms with Gasteiger partial charge in [0.05, 0.1) is 11.5 Å². The number of hydrogen-bond donors (Lipinski definition) is 1. The van der Waals surface area contributed by atoms with E-state index in [1.54, 1.807) is 30.3 Å². The summed E-state index contributed by atoms with van der Waals surface area (Å²) in [4.78, 5) is 15.9. The van der Waals surface area contributed by atoms with Gasteiger partial charge >= 0.3 is 0 Å². The summed E-state index contributed by atoms with van der Waals surface area (Å²) in [6, 6.07) is 9.65. The van der Waals surface area contributed by atoms with Crippen molar-refractivity contribution in [2.24, 2.45) is 10.7 Å². The van der Waals surface area contributed by atoms with Gasteiger partial charge in [-0.05, 0) is 60.2 Å². The second-order valence-electron chi connectivity index (χ2n) is 5.53. The average molecular weight is 451 g/mol. The van der Waals surface area contributed by atoms with E-state index in [4.69, 9.17) is 15.2 Å². The van der Waals surface area contributed by atoms with Crippen LogP contribution < -0.4 is 15.2 Å². The highest BCUT2D eigenvalue weighted by atomic mass is 79.9. The summed E-state index contributed by atoms with van der Waals surface area (Å²) in [6.07, 6.45) is 1.70. The van der Waals surface area contributed by atoms with Crippen molar-refractivity contribution >= 4 is 44.8 Å². The average Bonchev–Trinajstić information content (AvgIpc) is 2.95. The van der Waals surface area contributed by atoms with Crippen molar-refractivity contribution in [1.82, 2.24) is 0 Å². The van der Waals surface area contributed by atoms with Gasteiger partial charge in [-0.15, -0.1) is 0 Å². The summed E-state index contributed by atoms with van der Waals surface area (Å²) in [5, 5.41) is 0.228. The molecule has 0 atom stereocenters. The van der Waals surface area contributed by atoms with Gasteiger partial charge in [-0.3, -0.25) is 4.79 Å². The fourth-order valence-electron chi connectivity index (χ4n) is 2.35. The molecule has 1 aliphatic heterocycles. The summed E-state index contributed by atoms with van der Waals surface area (Å²) < 4.78 is 25.3. The van der Waals surface area contributed by atoms with Gasteiger partial charge in [-0.2, -0.15) is 4.99 Å². The van der Waals surface area contributed by atoms with Crippen LogP contribution in [0.3, 0.4) is 0 Å². The summed E-state index contributed by atoms with van der Waals surface area (Å²) in [5.74, 6) is 0.423. The Bertz CT molecular complexity index is 929. The number of benzene rings is 2. The molecule has 8 heteroatoms. The maximum atomic E-state index is 13.0. The number of nitrogens with two attached hydrogens (primary N) is 1. The molecule has 0 fully saturated rings. The summed E-state index contributed by atoms with van der Waals surface area (Å²) >= 11 is 4.62. The van der Waals surface area contributed by atoms with Crippen molar-refractivity contribution in [2.45, 2.75) is 13.5 Å². The Kier molecular flexibility index (Phi) is 6.18. The zero-order valence-corrected chi connectivity index (χ0v) is 16.8. The molecule has 27 heavy (non-hydrogen) atoms. The molecular weight excluding hydrogens is 435 g/mol. The van der Waals surface area contributed by atoms with Gasteiger partial charge in [0.2, 0.25) is 0 Å². The van der Waals surface area contributed by atoms with Crippen LogP contribution >= 0.6 is 27.7 Å². The van der Waals surface area contributed by atoms with Crippen LogP contribution in [0.5, 0.6) is 11.5 Å². The zero-order valence-electron chi connectivity index (χ0n) is 14.4. The predicted octanol–water partition coefficient (Wildman–Crippen LogP) is 4.49. The van der Waals surface area contributed by atoms with Crippen molar-refractivity contribution in [2.75, 3.05) is 6.61 Å². The topological polar surface area (TPSA) is 73.9 Å². The first-order valence-corrected chi connectivity index (χ1v) is 9.69. The van der Waals surface area contributed by atoms with Gasteiger partial charge in [-0.25, -0.2) is 4.39 Å². The molecule has 0 bridgehead atoms. The van der Waals surface area contributed by atoms with Crippen molar-refractivity contribution < 1.29 is 18.7 Å². The molecule has 5 nitrogen and oxygen atoms in total. The molecule has 1 amide bonds. The highest BCUT2D eigenvalue weighted by Gasteiger charge is 2.20. The van der Waals surface area contributed by atoms with Gasteiger partial charge in [0, 0.05) is 4.47 Å². The number of amidine groups is 1. The van der Waals surface area contributed by atoms with Gasteiger partial charge < -0.3 is 15.2 Å². The number of rotatable bonds is 6. The molecule has 3 rings (SSSR count). The first kappa shape index (κ1) is 19.4. The van der Waals surface area contributed by atoms with E-state index in [0.29, 0.717) is 23.0 Å². The molecule has 0 unspecified atom stereocenters. The third-order valence-corrected chi connectivity index (χ3v) is 5.09.